The number of hydrogen-bond donors (Lipinski definition) is 1. The van der Waals surface area contributed by atoms with Crippen molar-refractivity contribution in [3.8, 4) is 0 Å². The Morgan fingerprint density at radius 2 is 1.92 bits per heavy atom. The Labute approximate surface area is 151 Å². The molecular weight excluding hydrogens is 335 g/mol. The third-order valence-electron chi connectivity index (χ3n) is 4.21. The van der Waals surface area contributed by atoms with Gasteiger partial charge >= 0.3 is 6.18 Å². The molecule has 26 heavy (non-hydrogen) atoms. The monoisotopic (exact) mass is 353 g/mol. The third kappa shape index (κ3) is 4.25. The van der Waals surface area contributed by atoms with Crippen molar-refractivity contribution in [1.82, 2.24) is 5.32 Å². The maximum absolute atomic E-state index is 12.7. The van der Waals surface area contributed by atoms with Crippen molar-refractivity contribution >= 4 is 16.8 Å². The van der Waals surface area contributed by atoms with Crippen LogP contribution in [0.2, 0.25) is 0 Å². The van der Waals surface area contributed by atoms with Crippen LogP contribution in [0.1, 0.15) is 29.7 Å². The van der Waals surface area contributed by atoms with Crippen LogP contribution in [-0.4, -0.2) is 6.54 Å². The van der Waals surface area contributed by atoms with E-state index in [1.807, 2.05) is 43.3 Å². The van der Waals surface area contributed by atoms with Crippen molar-refractivity contribution < 1.29 is 13.2 Å². The summed E-state index contributed by atoms with van der Waals surface area (Å²) < 4.78 is 38.2. The summed E-state index contributed by atoms with van der Waals surface area (Å²) in [6, 6.07) is 21.4. The maximum atomic E-state index is 12.7. The van der Waals surface area contributed by atoms with Gasteiger partial charge in [-0.15, -0.1) is 0 Å². The molecule has 0 spiro atoms. The first-order chi connectivity index (χ1) is 12.4. The maximum Gasteiger partial charge on any atom is 0.416 e. The van der Waals surface area contributed by atoms with Crippen molar-refractivity contribution in [2.24, 2.45) is 0 Å². The molecule has 3 aromatic rings. The highest BCUT2D eigenvalue weighted by Crippen LogP contribution is 2.29. The fourth-order valence-corrected chi connectivity index (χ4v) is 2.84. The van der Waals surface area contributed by atoms with Crippen LogP contribution < -0.4 is 5.32 Å². The molecule has 4 heteroatoms. The molecule has 0 unspecified atom stereocenters. The Morgan fingerprint density at radius 1 is 1.12 bits per heavy atom. The van der Waals surface area contributed by atoms with Gasteiger partial charge in [0.05, 0.1) is 5.56 Å². The van der Waals surface area contributed by atoms with E-state index in [9.17, 15) is 13.2 Å². The predicted molar refractivity (Wildman–Crippen MR) is 98.5 cm³/mol. The number of alkyl halides is 3. The number of fused-ring (bicyclic) bond motifs is 1. The molecule has 132 valence electrons. The molecule has 0 saturated heterocycles. The summed E-state index contributed by atoms with van der Waals surface area (Å²) in [5.74, 6) is 0. The standard InChI is InChI=1S/C22H18F3N/c1-16(20-13-5-10-18-9-2-3-12-21(18)20)26-14-6-8-17-7-4-11-19(15-17)22(23,24)25/h2-4,6-9,11-13,15-16,26H,14H2,1H3/b8-6+/t16-/m1/s1. The summed E-state index contributed by atoms with van der Waals surface area (Å²) >= 11 is 0. The van der Waals surface area contributed by atoms with Gasteiger partial charge in [0.25, 0.3) is 0 Å². The minimum Gasteiger partial charge on any atom is -0.307 e. The lowest BCUT2D eigenvalue weighted by molar-refractivity contribution is -0.137. The lowest BCUT2D eigenvalue weighted by Crippen LogP contribution is -2.18. The van der Waals surface area contributed by atoms with Crippen molar-refractivity contribution in [3.05, 3.63) is 89.5 Å². The number of hydrogen-bond acceptors (Lipinski definition) is 1. The van der Waals surface area contributed by atoms with Crippen LogP contribution in [0.15, 0.2) is 60.7 Å². The summed E-state index contributed by atoms with van der Waals surface area (Å²) in [5, 5.41) is 5.49. The van der Waals surface area contributed by atoms with Gasteiger partial charge in [-0.05, 0) is 47.7 Å². The van der Waals surface area contributed by atoms with E-state index in [4.69, 9.17) is 0 Å². The van der Waals surface area contributed by atoms with Gasteiger partial charge in [-0.2, -0.15) is 13.2 Å². The molecule has 0 heterocycles. The van der Waals surface area contributed by atoms with Gasteiger partial charge in [-0.25, -0.2) is 0 Å². The second-order valence-electron chi connectivity index (χ2n) is 6.07. The van der Waals surface area contributed by atoms with Crippen LogP contribution in [0.4, 0.5) is 13.2 Å². The number of nitrogens with one attached hydrogen (secondary N) is 1. The van der Waals surface area contributed by atoms with E-state index in [0.717, 1.165) is 28.5 Å². The topological polar surface area (TPSA) is 12.0 Å². The van der Waals surface area contributed by atoms with Gasteiger partial charge in [-0.3, -0.25) is 0 Å². The molecule has 0 amide bonds. The minimum absolute atomic E-state index is 0.0805. The van der Waals surface area contributed by atoms with Gasteiger partial charge in [0.2, 0.25) is 0 Å². The van der Waals surface area contributed by atoms with E-state index < -0.39 is 11.7 Å². The van der Waals surface area contributed by atoms with Crippen LogP contribution in [0.25, 0.3) is 16.8 Å². The third-order valence-corrected chi connectivity index (χ3v) is 4.21. The second-order valence-corrected chi connectivity index (χ2v) is 6.07. The molecule has 0 radical (unpaired) electrons. The summed E-state index contributed by atoms with van der Waals surface area (Å²) in [6.07, 6.45) is -0.802. The largest absolute Gasteiger partial charge is 0.416 e. The van der Waals surface area contributed by atoms with Gasteiger partial charge < -0.3 is 5.32 Å². The Balaban J connectivity index is 1.65. The first-order valence-electron chi connectivity index (χ1n) is 8.33. The summed E-state index contributed by atoms with van der Waals surface area (Å²) in [7, 11) is 0. The van der Waals surface area contributed by atoms with Crippen LogP contribution in [-0.2, 0) is 6.18 Å². The Bertz CT molecular complexity index is 907. The molecule has 1 nitrogen and oxygen atoms in total. The van der Waals surface area contributed by atoms with Crippen molar-refractivity contribution in [3.63, 3.8) is 0 Å². The lowest BCUT2D eigenvalue weighted by atomic mass is 10.0. The van der Waals surface area contributed by atoms with Gasteiger partial charge in [0.1, 0.15) is 0 Å². The second kappa shape index (κ2) is 7.63. The van der Waals surface area contributed by atoms with Crippen LogP contribution in [0, 0.1) is 12.1 Å². The molecule has 0 fully saturated rings. The number of rotatable bonds is 5. The van der Waals surface area contributed by atoms with Crippen LogP contribution in [0.3, 0.4) is 0 Å². The zero-order valence-electron chi connectivity index (χ0n) is 14.3. The quantitative estimate of drug-likeness (QED) is 0.609. The SMILES string of the molecule is C[C@@H](NC/C=C/c1cccc(C(F)(F)F)c1)c1cc#cc2ccccc12. The van der Waals surface area contributed by atoms with Crippen LogP contribution in [0.5, 0.6) is 0 Å². The molecule has 0 aliphatic carbocycles. The zero-order valence-corrected chi connectivity index (χ0v) is 14.3. The molecule has 3 rings (SSSR count). The zero-order chi connectivity index (χ0) is 18.6. The first kappa shape index (κ1) is 18.0. The average Bonchev–Trinajstić information content (AvgIpc) is 2.64. The number of benzene rings is 2. The van der Waals surface area contributed by atoms with Crippen molar-refractivity contribution in [2.75, 3.05) is 6.54 Å². The van der Waals surface area contributed by atoms with E-state index in [2.05, 4.69) is 17.4 Å². The Morgan fingerprint density at radius 3 is 2.73 bits per heavy atom. The summed E-state index contributed by atoms with van der Waals surface area (Å²) in [5.41, 5.74) is 1.01. The molecule has 0 aliphatic heterocycles. The Kier molecular flexibility index (Phi) is 5.29. The highest BCUT2D eigenvalue weighted by molar-refractivity contribution is 5.84. The summed E-state index contributed by atoms with van der Waals surface area (Å²) in [6.45, 7) is 2.60. The lowest BCUT2D eigenvalue weighted by Gasteiger charge is -2.14. The normalized spacial score (nSPS) is 13.1. The van der Waals surface area contributed by atoms with E-state index in [1.54, 1.807) is 12.1 Å². The Hall–Kier alpha value is -2.77. The van der Waals surface area contributed by atoms with E-state index in [0.29, 0.717) is 12.1 Å². The molecule has 0 bridgehead atoms. The molecule has 0 aliphatic rings. The predicted octanol–water partition coefficient (Wildman–Crippen LogP) is 5.82. The molecular formula is C22H18F3N. The molecule has 1 N–H and O–H groups in total. The van der Waals surface area contributed by atoms with Crippen molar-refractivity contribution in [2.45, 2.75) is 19.1 Å². The minimum atomic E-state index is -4.32. The first-order valence-corrected chi connectivity index (χ1v) is 8.33. The fourth-order valence-electron chi connectivity index (χ4n) is 2.84. The van der Waals surface area contributed by atoms with Gasteiger partial charge in [-0.1, -0.05) is 54.6 Å². The molecule has 3 aromatic carbocycles. The summed E-state index contributed by atoms with van der Waals surface area (Å²) in [4.78, 5) is 0. The van der Waals surface area contributed by atoms with Crippen molar-refractivity contribution in [1.29, 1.82) is 0 Å². The molecule has 1 atom stereocenters. The molecule has 0 saturated carbocycles. The van der Waals surface area contributed by atoms with E-state index in [1.165, 1.54) is 6.07 Å². The van der Waals surface area contributed by atoms with E-state index >= 15 is 0 Å². The highest BCUT2D eigenvalue weighted by Gasteiger charge is 2.30. The fraction of sp³-hybridized carbons (Fsp3) is 0.182. The van der Waals surface area contributed by atoms with Crippen LogP contribution >= 0.6 is 0 Å². The van der Waals surface area contributed by atoms with E-state index in [-0.39, 0.29) is 6.04 Å². The molecule has 0 aromatic heterocycles. The highest BCUT2D eigenvalue weighted by atomic mass is 19.4. The van der Waals surface area contributed by atoms with Gasteiger partial charge in [0.15, 0.2) is 0 Å². The number of halogens is 3. The van der Waals surface area contributed by atoms with Gasteiger partial charge in [0, 0.05) is 18.0 Å². The smallest absolute Gasteiger partial charge is 0.307 e. The average molecular weight is 353 g/mol.